The molecular weight excluding hydrogens is 390 g/mol. The summed E-state index contributed by atoms with van der Waals surface area (Å²) in [6.07, 6.45) is 15.6. The Bertz CT molecular complexity index is 674. The fourth-order valence-electron chi connectivity index (χ4n) is 9.53. The maximum absolute atomic E-state index is 10.3. The minimum atomic E-state index is -0.0845. The highest BCUT2D eigenvalue weighted by atomic mass is 16.3. The molecule has 32 heavy (non-hydrogen) atoms. The van der Waals surface area contributed by atoms with Crippen LogP contribution >= 0.6 is 0 Å². The molecule has 3 saturated carbocycles. The van der Waals surface area contributed by atoms with E-state index in [1.165, 1.54) is 57.9 Å². The molecule has 4 rings (SSSR count). The van der Waals surface area contributed by atoms with Gasteiger partial charge in [-0.25, -0.2) is 0 Å². The Hall–Kier alpha value is -0.340. The van der Waals surface area contributed by atoms with Crippen LogP contribution in [0.2, 0.25) is 0 Å². The second-order valence-corrected chi connectivity index (χ2v) is 13.4. The Morgan fingerprint density at radius 1 is 0.969 bits per heavy atom. The van der Waals surface area contributed by atoms with Crippen molar-refractivity contribution in [1.29, 1.82) is 0 Å². The van der Waals surface area contributed by atoms with Gasteiger partial charge in [0.2, 0.25) is 0 Å². The van der Waals surface area contributed by atoms with E-state index in [1.54, 1.807) is 5.57 Å². The Morgan fingerprint density at radius 3 is 2.38 bits per heavy atom. The van der Waals surface area contributed by atoms with Crippen molar-refractivity contribution in [2.75, 3.05) is 6.54 Å². The van der Waals surface area contributed by atoms with Crippen molar-refractivity contribution in [1.82, 2.24) is 4.90 Å². The second kappa shape index (κ2) is 9.37. The SMILES string of the molecule is CC(C)N(CCC[C@@H](C)[C@H]1CC[C@H]2[C@@H]3CC=C4C[C@@H](O)CC[C@]4(C)[C@H]3CC[C@]12C)C(C)C. The standard InChI is InChI=1S/C30H53NO/c1-20(2)31(21(3)4)18-8-9-22(5)26-12-13-27-25-11-10-23-19-24(32)14-16-29(23,6)28(25)15-17-30(26,27)7/h10,20-22,24-28,32H,8-9,11-19H2,1-7H3/t22-,24+,25+,26-,27+,28+,29+,30-/m1/s1. The van der Waals surface area contributed by atoms with Crippen molar-refractivity contribution < 1.29 is 5.11 Å². The van der Waals surface area contributed by atoms with Gasteiger partial charge in [0.05, 0.1) is 6.10 Å². The van der Waals surface area contributed by atoms with Crippen LogP contribution in [0.15, 0.2) is 11.6 Å². The van der Waals surface area contributed by atoms with Crippen molar-refractivity contribution in [3.05, 3.63) is 11.6 Å². The molecule has 4 aliphatic carbocycles. The van der Waals surface area contributed by atoms with Crippen molar-refractivity contribution in [2.24, 2.45) is 40.4 Å². The normalized spacial score (nSPS) is 42.6. The molecule has 2 heteroatoms. The molecule has 0 amide bonds. The summed E-state index contributed by atoms with van der Waals surface area (Å²) in [6, 6.07) is 1.31. The average molecular weight is 444 g/mol. The van der Waals surface area contributed by atoms with E-state index in [4.69, 9.17) is 0 Å². The molecule has 3 fully saturated rings. The third-order valence-corrected chi connectivity index (χ3v) is 11.2. The molecular formula is C30H53NO. The predicted octanol–water partition coefficient (Wildman–Crippen LogP) is 7.46. The van der Waals surface area contributed by atoms with Crippen LogP contribution in [0.5, 0.6) is 0 Å². The van der Waals surface area contributed by atoms with Gasteiger partial charge in [0.1, 0.15) is 0 Å². The summed E-state index contributed by atoms with van der Waals surface area (Å²) in [5.74, 6) is 4.47. The van der Waals surface area contributed by atoms with Crippen LogP contribution in [0.1, 0.15) is 113 Å². The maximum Gasteiger partial charge on any atom is 0.0577 e. The van der Waals surface area contributed by atoms with Crippen LogP contribution in [0.4, 0.5) is 0 Å². The summed E-state index contributed by atoms with van der Waals surface area (Å²) in [6.45, 7) is 18.5. The number of allylic oxidation sites excluding steroid dienone is 1. The van der Waals surface area contributed by atoms with E-state index in [9.17, 15) is 5.11 Å². The van der Waals surface area contributed by atoms with Crippen LogP contribution in [0.3, 0.4) is 0 Å². The first kappa shape index (κ1) is 24.8. The van der Waals surface area contributed by atoms with Crippen molar-refractivity contribution in [3.63, 3.8) is 0 Å². The quantitative estimate of drug-likeness (QED) is 0.413. The third-order valence-electron chi connectivity index (χ3n) is 11.2. The van der Waals surface area contributed by atoms with Crippen molar-refractivity contribution in [2.45, 2.75) is 131 Å². The monoisotopic (exact) mass is 443 g/mol. The lowest BCUT2D eigenvalue weighted by molar-refractivity contribution is -0.0574. The number of hydrogen-bond acceptors (Lipinski definition) is 2. The van der Waals surface area contributed by atoms with Gasteiger partial charge in [-0.1, -0.05) is 32.4 Å². The zero-order valence-corrected chi connectivity index (χ0v) is 22.4. The minimum absolute atomic E-state index is 0.0845. The van der Waals surface area contributed by atoms with Crippen LogP contribution in [-0.2, 0) is 0 Å². The number of fused-ring (bicyclic) bond motifs is 5. The Morgan fingerprint density at radius 2 is 1.69 bits per heavy atom. The van der Waals surface area contributed by atoms with Gasteiger partial charge in [0.15, 0.2) is 0 Å². The van der Waals surface area contributed by atoms with E-state index >= 15 is 0 Å². The molecule has 0 bridgehead atoms. The number of nitrogens with zero attached hydrogens (tertiary/aromatic N) is 1. The van der Waals surface area contributed by atoms with Gasteiger partial charge in [0, 0.05) is 12.1 Å². The molecule has 0 unspecified atom stereocenters. The molecule has 8 atom stereocenters. The molecule has 0 radical (unpaired) electrons. The summed E-state index contributed by atoms with van der Waals surface area (Å²) in [4.78, 5) is 2.67. The zero-order valence-electron chi connectivity index (χ0n) is 22.4. The first-order chi connectivity index (χ1) is 15.1. The largest absolute Gasteiger partial charge is 0.393 e. The number of aliphatic hydroxyl groups is 1. The Labute approximate surface area is 199 Å². The topological polar surface area (TPSA) is 23.5 Å². The summed E-state index contributed by atoms with van der Waals surface area (Å²) in [7, 11) is 0. The fourth-order valence-corrected chi connectivity index (χ4v) is 9.53. The molecule has 1 N–H and O–H groups in total. The summed E-state index contributed by atoms with van der Waals surface area (Å²) in [5, 5.41) is 10.3. The Kier molecular flexibility index (Phi) is 7.25. The lowest BCUT2D eigenvalue weighted by Gasteiger charge is -2.58. The zero-order chi connectivity index (χ0) is 23.3. The van der Waals surface area contributed by atoms with Crippen LogP contribution in [0, 0.1) is 40.4 Å². The summed E-state index contributed by atoms with van der Waals surface area (Å²) in [5.41, 5.74) is 2.56. The molecule has 2 nitrogen and oxygen atoms in total. The first-order valence-corrected chi connectivity index (χ1v) is 14.2. The van der Waals surface area contributed by atoms with Crippen LogP contribution in [0.25, 0.3) is 0 Å². The second-order valence-electron chi connectivity index (χ2n) is 13.4. The van der Waals surface area contributed by atoms with Gasteiger partial charge in [0.25, 0.3) is 0 Å². The van der Waals surface area contributed by atoms with Crippen LogP contribution in [-0.4, -0.2) is 34.7 Å². The molecule has 184 valence electrons. The number of aliphatic hydroxyl groups excluding tert-OH is 1. The predicted molar refractivity (Wildman–Crippen MR) is 137 cm³/mol. The summed E-state index contributed by atoms with van der Waals surface area (Å²) >= 11 is 0. The average Bonchev–Trinajstić information content (AvgIpc) is 3.08. The lowest BCUT2D eigenvalue weighted by Crippen LogP contribution is -2.50. The van der Waals surface area contributed by atoms with Gasteiger partial charge in [-0.05, 0) is 139 Å². The van der Waals surface area contributed by atoms with Gasteiger partial charge < -0.3 is 5.11 Å². The molecule has 0 aliphatic heterocycles. The highest BCUT2D eigenvalue weighted by Gasteiger charge is 2.59. The number of rotatable bonds is 7. The van der Waals surface area contributed by atoms with E-state index < -0.39 is 0 Å². The molecule has 0 aromatic rings. The van der Waals surface area contributed by atoms with Crippen LogP contribution < -0.4 is 0 Å². The molecule has 4 aliphatic rings. The van der Waals surface area contributed by atoms with Gasteiger partial charge >= 0.3 is 0 Å². The van der Waals surface area contributed by atoms with Crippen molar-refractivity contribution >= 4 is 0 Å². The van der Waals surface area contributed by atoms with E-state index in [0.29, 0.717) is 22.9 Å². The minimum Gasteiger partial charge on any atom is -0.393 e. The molecule has 0 aromatic heterocycles. The smallest absolute Gasteiger partial charge is 0.0577 e. The van der Waals surface area contributed by atoms with Gasteiger partial charge in [-0.3, -0.25) is 4.90 Å². The number of hydrogen-bond donors (Lipinski definition) is 1. The van der Waals surface area contributed by atoms with Gasteiger partial charge in [-0.15, -0.1) is 0 Å². The van der Waals surface area contributed by atoms with E-state index in [-0.39, 0.29) is 6.10 Å². The molecule has 0 spiro atoms. The molecule has 0 saturated heterocycles. The van der Waals surface area contributed by atoms with Gasteiger partial charge in [-0.2, -0.15) is 0 Å². The fraction of sp³-hybridized carbons (Fsp3) is 0.933. The maximum atomic E-state index is 10.3. The third kappa shape index (κ3) is 4.26. The Balaban J connectivity index is 1.41. The highest BCUT2D eigenvalue weighted by molar-refractivity contribution is 5.25. The van der Waals surface area contributed by atoms with E-state index in [2.05, 4.69) is 59.4 Å². The first-order valence-electron chi connectivity index (χ1n) is 14.2. The van der Waals surface area contributed by atoms with E-state index in [1.807, 2.05) is 0 Å². The molecule has 0 heterocycles. The molecule has 0 aromatic carbocycles. The summed E-state index contributed by atoms with van der Waals surface area (Å²) < 4.78 is 0. The van der Waals surface area contributed by atoms with Crippen molar-refractivity contribution in [3.8, 4) is 0 Å². The van der Waals surface area contributed by atoms with E-state index in [0.717, 1.165) is 42.4 Å². The lowest BCUT2D eigenvalue weighted by atomic mass is 9.47. The highest BCUT2D eigenvalue weighted by Crippen LogP contribution is 2.67.